The number of carboxylic acid groups (broad SMARTS) is 1. The molecule has 302 valence electrons. The van der Waals surface area contributed by atoms with E-state index in [-0.39, 0.29) is 44.1 Å². The minimum atomic E-state index is -4.29. The highest BCUT2D eigenvalue weighted by atomic mass is 19.3. The number of carbonyl (C=O) groups excluding carboxylic acids is 2. The van der Waals surface area contributed by atoms with Gasteiger partial charge in [-0.3, -0.25) is 0 Å². The van der Waals surface area contributed by atoms with Crippen molar-refractivity contribution in [2.75, 3.05) is 20.8 Å². The lowest BCUT2D eigenvalue weighted by Gasteiger charge is -2.19. The second-order valence-corrected chi connectivity index (χ2v) is 12.3. The van der Waals surface area contributed by atoms with Crippen LogP contribution < -0.4 is 24.3 Å². The summed E-state index contributed by atoms with van der Waals surface area (Å²) in [6, 6.07) is 18.5. The number of carbonyl (C=O) groups is 1. The van der Waals surface area contributed by atoms with Crippen molar-refractivity contribution in [2.45, 2.75) is 77.4 Å². The summed E-state index contributed by atoms with van der Waals surface area (Å²) in [7, 11) is 2.86. The number of aliphatic carboxylic acids is 1. The third-order valence-electron chi connectivity index (χ3n) is 8.74. The molecule has 56 heavy (non-hydrogen) atoms. The summed E-state index contributed by atoms with van der Waals surface area (Å²) in [5.41, 5.74) is 7.04. The van der Waals surface area contributed by atoms with Crippen molar-refractivity contribution in [1.82, 2.24) is 15.3 Å². The molecule has 0 aliphatic heterocycles. The molecule has 0 aliphatic carbocycles. The van der Waals surface area contributed by atoms with Gasteiger partial charge in [0.05, 0.1) is 14.2 Å². The summed E-state index contributed by atoms with van der Waals surface area (Å²) in [6.45, 7) is 3.72. The number of hydrogen-bond donors (Lipinski definition) is 4. The van der Waals surface area contributed by atoms with E-state index in [4.69, 9.17) is 33.6 Å². The Morgan fingerprint density at radius 1 is 0.804 bits per heavy atom. The van der Waals surface area contributed by atoms with Crippen molar-refractivity contribution in [3.63, 3.8) is 0 Å². The first-order chi connectivity index (χ1) is 26.7. The fourth-order valence-corrected chi connectivity index (χ4v) is 5.55. The van der Waals surface area contributed by atoms with E-state index in [1.165, 1.54) is 14.2 Å². The molecule has 0 amide bonds. The van der Waals surface area contributed by atoms with E-state index in [2.05, 4.69) is 15.3 Å². The van der Waals surface area contributed by atoms with Crippen molar-refractivity contribution in [3.05, 3.63) is 94.0 Å². The number of hydrogen-bond acceptors (Lipinski definition) is 12. The van der Waals surface area contributed by atoms with Crippen LogP contribution in [0, 0.1) is 13.8 Å². The molecule has 13 nitrogen and oxygen atoms in total. The van der Waals surface area contributed by atoms with Gasteiger partial charge in [0.1, 0.15) is 25.4 Å². The largest absolute Gasteiger partial charge is 0.481 e. The van der Waals surface area contributed by atoms with Crippen LogP contribution in [-0.2, 0) is 40.6 Å². The van der Waals surface area contributed by atoms with E-state index < -0.39 is 37.1 Å². The Hall–Kier alpha value is -5.61. The molecule has 2 aromatic carbocycles. The van der Waals surface area contributed by atoms with Gasteiger partial charge in [-0.1, -0.05) is 36.4 Å². The molecular formula is C39H43F4N3O10. The molecule has 4 aromatic rings. The molecule has 0 radical (unpaired) electrons. The molecular weight excluding hydrogens is 746 g/mol. The number of nitrogens with one attached hydrogen (secondary N) is 1. The number of rotatable bonds is 20. The Morgan fingerprint density at radius 2 is 1.29 bits per heavy atom. The molecule has 0 fully saturated rings. The number of nitrogens with zero attached hydrogens (tertiary/aromatic N) is 2. The van der Waals surface area contributed by atoms with Gasteiger partial charge >= 0.3 is 18.0 Å². The number of ether oxygens (including phenoxy) is 4. The zero-order valence-electron chi connectivity index (χ0n) is 31.1. The first-order valence-electron chi connectivity index (χ1n) is 17.1. The number of halogens is 4. The van der Waals surface area contributed by atoms with Gasteiger partial charge in [0.25, 0.3) is 6.43 Å². The maximum atomic E-state index is 13.5. The van der Waals surface area contributed by atoms with Gasteiger partial charge < -0.3 is 39.6 Å². The fourth-order valence-electron chi connectivity index (χ4n) is 5.55. The van der Waals surface area contributed by atoms with Crippen molar-refractivity contribution in [2.24, 2.45) is 0 Å². The van der Waals surface area contributed by atoms with E-state index in [0.29, 0.717) is 30.2 Å². The highest BCUT2D eigenvalue weighted by Crippen LogP contribution is 2.32. The summed E-state index contributed by atoms with van der Waals surface area (Å²) in [6.07, 6.45) is -5.88. The smallest absolute Gasteiger partial charge is 0.377 e. The van der Waals surface area contributed by atoms with Crippen molar-refractivity contribution < 1.29 is 66.2 Å². The van der Waals surface area contributed by atoms with Gasteiger partial charge in [-0.25, -0.2) is 13.6 Å². The van der Waals surface area contributed by atoms with E-state index in [0.717, 1.165) is 38.9 Å². The predicted octanol–water partition coefficient (Wildman–Crippen LogP) is 5.47. The minimum Gasteiger partial charge on any atom is -0.481 e. The normalized spacial score (nSPS) is 12.2. The third-order valence-corrected chi connectivity index (χ3v) is 8.74. The lowest BCUT2D eigenvalue weighted by molar-refractivity contribution is -0.191. The minimum absolute atomic E-state index is 0.0232. The Labute approximate surface area is 320 Å². The standard InChI is InChI=1S/C38H43F4N3O8.CO2/c1-22-26(20-52-32-16-14-24(35(44-32)50-3)8-7-13-30(46)34(39)40)9-5-11-28(22)29-12-6-10-27(23(29)2)21-53-33-17-15-25(36(45-33)51-4)18-43-19-31(47)38(41,42)37(48)49;2-1-3/h5-6,9-12,14-17,30-31,34,43,46-47H,7-8,13,18-21H2,1-4H3,(H,48,49);. The molecule has 17 heteroatoms. The van der Waals surface area contributed by atoms with Gasteiger partial charge in [0, 0.05) is 36.3 Å². The number of methoxy groups -OCH3 is 2. The zero-order chi connectivity index (χ0) is 41.4. The SMILES string of the molecule is COc1nc(OCc2cccc(-c3cccc(COc4ccc(CNCC(O)C(F)(F)C(=O)O)c(OC)n4)c3C)c2C)ccc1CCCC(O)C(F)F.O=C=O. The number of aromatic nitrogens is 2. The average Bonchev–Trinajstić information content (AvgIpc) is 3.17. The van der Waals surface area contributed by atoms with Crippen molar-refractivity contribution >= 4 is 12.1 Å². The van der Waals surface area contributed by atoms with Crippen LogP contribution in [0.15, 0.2) is 60.7 Å². The van der Waals surface area contributed by atoms with Crippen molar-refractivity contribution in [3.8, 4) is 34.6 Å². The summed E-state index contributed by atoms with van der Waals surface area (Å²) in [5.74, 6) is -5.61. The van der Waals surface area contributed by atoms with Gasteiger partial charge in [-0.2, -0.15) is 28.3 Å². The number of alkyl halides is 4. The third kappa shape index (κ3) is 12.2. The Morgan fingerprint density at radius 3 is 1.75 bits per heavy atom. The van der Waals surface area contributed by atoms with Crippen LogP contribution in [0.4, 0.5) is 17.6 Å². The number of pyridine rings is 2. The van der Waals surface area contributed by atoms with Crippen LogP contribution in [0.25, 0.3) is 11.1 Å². The average molecular weight is 790 g/mol. The molecule has 0 saturated heterocycles. The van der Waals surface area contributed by atoms with E-state index in [1.807, 2.05) is 50.2 Å². The van der Waals surface area contributed by atoms with Gasteiger partial charge in [0.2, 0.25) is 23.5 Å². The second-order valence-electron chi connectivity index (χ2n) is 12.3. The van der Waals surface area contributed by atoms with Gasteiger partial charge in [0.15, 0.2) is 0 Å². The summed E-state index contributed by atoms with van der Waals surface area (Å²) in [4.78, 5) is 35.7. The van der Waals surface area contributed by atoms with E-state index >= 15 is 0 Å². The summed E-state index contributed by atoms with van der Waals surface area (Å²) < 4.78 is 75.0. The molecule has 2 atom stereocenters. The molecule has 2 heterocycles. The second kappa shape index (κ2) is 21.5. The van der Waals surface area contributed by atoms with Crippen LogP contribution in [-0.4, -0.2) is 82.7 Å². The number of benzene rings is 2. The molecule has 0 bridgehead atoms. The van der Waals surface area contributed by atoms with E-state index in [1.54, 1.807) is 24.3 Å². The van der Waals surface area contributed by atoms with Gasteiger partial charge in [-0.15, -0.1) is 0 Å². The number of aliphatic hydroxyl groups excluding tert-OH is 2. The van der Waals surface area contributed by atoms with E-state index in [9.17, 15) is 32.6 Å². The first-order valence-corrected chi connectivity index (χ1v) is 17.1. The molecule has 0 aliphatic rings. The van der Waals surface area contributed by atoms with Crippen LogP contribution in [0.5, 0.6) is 23.5 Å². The molecule has 2 unspecified atom stereocenters. The Kier molecular flexibility index (Phi) is 17.2. The van der Waals surface area contributed by atoms with Crippen LogP contribution in [0.1, 0.15) is 46.2 Å². The maximum Gasteiger partial charge on any atom is 0.377 e. The van der Waals surface area contributed by atoms with Crippen LogP contribution in [0.2, 0.25) is 0 Å². The highest BCUT2D eigenvalue weighted by Gasteiger charge is 2.46. The monoisotopic (exact) mass is 789 g/mol. The molecule has 0 spiro atoms. The number of aryl methyl sites for hydroxylation is 1. The van der Waals surface area contributed by atoms with Gasteiger partial charge in [-0.05, 0) is 78.6 Å². The first kappa shape index (κ1) is 44.8. The predicted molar refractivity (Wildman–Crippen MR) is 192 cm³/mol. The Bertz CT molecular complexity index is 1940. The lowest BCUT2D eigenvalue weighted by Crippen LogP contribution is -2.46. The Balaban J connectivity index is 0.00000271. The summed E-state index contributed by atoms with van der Waals surface area (Å²) >= 11 is 0. The highest BCUT2D eigenvalue weighted by molar-refractivity contribution is 5.76. The topological polar surface area (TPSA) is 187 Å². The fraction of sp³-hybridized carbons (Fsp3) is 0.385. The lowest BCUT2D eigenvalue weighted by atomic mass is 9.92. The van der Waals surface area contributed by atoms with Crippen molar-refractivity contribution in [1.29, 1.82) is 0 Å². The number of aliphatic hydroxyl groups is 2. The molecule has 4 rings (SSSR count). The van der Waals surface area contributed by atoms with Crippen LogP contribution in [0.3, 0.4) is 0 Å². The summed E-state index contributed by atoms with van der Waals surface area (Å²) in [5, 5.41) is 30.1. The molecule has 2 aromatic heterocycles. The zero-order valence-corrected chi connectivity index (χ0v) is 31.1. The van der Waals surface area contributed by atoms with Crippen LogP contribution >= 0.6 is 0 Å². The maximum absolute atomic E-state index is 13.5. The molecule has 0 saturated carbocycles. The molecule has 4 N–H and O–H groups in total. The quantitative estimate of drug-likeness (QED) is 0.0827. The number of carboxylic acids is 1.